The lowest BCUT2D eigenvalue weighted by molar-refractivity contribution is -0.0420. The Morgan fingerprint density at radius 1 is 0.947 bits per heavy atom. The number of carbonyl (C=O) groups excluding carboxylic acids is 1. The van der Waals surface area contributed by atoms with Crippen molar-refractivity contribution in [1.29, 1.82) is 0 Å². The van der Waals surface area contributed by atoms with E-state index in [9.17, 15) is 15.0 Å². The van der Waals surface area contributed by atoms with Crippen LogP contribution in [-0.4, -0.2) is 20.7 Å². The van der Waals surface area contributed by atoms with Crippen LogP contribution in [0.25, 0.3) is 22.0 Å². The van der Waals surface area contributed by atoms with Gasteiger partial charge in [-0.25, -0.2) is 0 Å². The molecule has 0 saturated heterocycles. The summed E-state index contributed by atoms with van der Waals surface area (Å²) in [6.07, 6.45) is 0.596. The molecule has 1 amide bonds. The Labute approximate surface area is 230 Å². The van der Waals surface area contributed by atoms with E-state index in [-0.39, 0.29) is 11.9 Å². The molecule has 0 saturated carbocycles. The number of hydrogen-bond acceptors (Lipinski definition) is 3. The van der Waals surface area contributed by atoms with Gasteiger partial charge in [0.05, 0.1) is 6.04 Å². The number of aryl methyl sites for hydroxylation is 1. The molecule has 1 aromatic heterocycles. The molecule has 6 heteroatoms. The van der Waals surface area contributed by atoms with Gasteiger partial charge in [0.1, 0.15) is 0 Å². The van der Waals surface area contributed by atoms with Crippen molar-refractivity contribution in [2.24, 2.45) is 0 Å². The summed E-state index contributed by atoms with van der Waals surface area (Å²) < 4.78 is 3.20. The average Bonchev–Trinajstić information content (AvgIpc) is 3.23. The van der Waals surface area contributed by atoms with Gasteiger partial charge in [-0.05, 0) is 72.0 Å². The zero-order valence-corrected chi connectivity index (χ0v) is 22.8. The third kappa shape index (κ3) is 5.43. The highest BCUT2D eigenvalue weighted by Gasteiger charge is 2.15. The molecule has 1 unspecified atom stereocenters. The van der Waals surface area contributed by atoms with Gasteiger partial charge < -0.3 is 20.1 Å². The van der Waals surface area contributed by atoms with Gasteiger partial charge in [-0.2, -0.15) is 0 Å². The fourth-order valence-electron chi connectivity index (χ4n) is 4.83. The first-order valence-electron chi connectivity index (χ1n) is 12.5. The van der Waals surface area contributed by atoms with Gasteiger partial charge in [0.25, 0.3) is 5.91 Å². The number of benzene rings is 4. The SMILES string of the molecule is Cc1cn(Cc2ccc(-c3ccccc3C(O)O)cc2)c2ccc(C(=O)NC(C)c3ccc(Br)cc3)cc12. The predicted octanol–water partition coefficient (Wildman–Crippen LogP) is 6.90. The van der Waals surface area contributed by atoms with Crippen molar-refractivity contribution in [3.05, 3.63) is 129 Å². The number of fused-ring (bicyclic) bond motifs is 1. The van der Waals surface area contributed by atoms with E-state index >= 15 is 0 Å². The molecule has 0 aliphatic heterocycles. The normalized spacial score (nSPS) is 12.2. The van der Waals surface area contributed by atoms with Gasteiger partial charge in [0.2, 0.25) is 0 Å². The maximum atomic E-state index is 13.0. The number of rotatable bonds is 7. The van der Waals surface area contributed by atoms with Crippen LogP contribution in [0.3, 0.4) is 0 Å². The molecule has 0 aliphatic rings. The number of aromatic nitrogens is 1. The smallest absolute Gasteiger partial charge is 0.251 e. The molecule has 1 atom stereocenters. The summed E-state index contributed by atoms with van der Waals surface area (Å²) in [5, 5.41) is 23.6. The van der Waals surface area contributed by atoms with Crippen LogP contribution in [0.2, 0.25) is 0 Å². The van der Waals surface area contributed by atoms with Crippen molar-refractivity contribution >= 4 is 32.7 Å². The van der Waals surface area contributed by atoms with Gasteiger partial charge in [-0.1, -0.05) is 76.6 Å². The first-order chi connectivity index (χ1) is 18.3. The Morgan fingerprint density at radius 3 is 2.37 bits per heavy atom. The molecular weight excluding hydrogens is 540 g/mol. The highest BCUT2D eigenvalue weighted by atomic mass is 79.9. The lowest BCUT2D eigenvalue weighted by Gasteiger charge is -2.15. The summed E-state index contributed by atoms with van der Waals surface area (Å²) in [5.41, 5.74) is 7.20. The lowest BCUT2D eigenvalue weighted by atomic mass is 9.98. The molecule has 1 heterocycles. The van der Waals surface area contributed by atoms with Crippen LogP contribution in [0.5, 0.6) is 0 Å². The quantitative estimate of drug-likeness (QED) is 0.187. The number of carbonyl (C=O) groups is 1. The van der Waals surface area contributed by atoms with E-state index in [2.05, 4.69) is 51.1 Å². The van der Waals surface area contributed by atoms with Crippen molar-refractivity contribution in [3.63, 3.8) is 0 Å². The maximum absolute atomic E-state index is 13.0. The standard InChI is InChI=1S/C32H29BrN2O3/c1-20-18-35(19-22-7-9-24(10-8-22)27-5-3-4-6-28(27)32(37)38)30-16-13-25(17-29(20)30)31(36)34-21(2)23-11-14-26(33)15-12-23/h3-18,21,32,37-38H,19H2,1-2H3,(H,34,36). The van der Waals surface area contributed by atoms with E-state index in [4.69, 9.17) is 0 Å². The van der Waals surface area contributed by atoms with Crippen LogP contribution in [0.4, 0.5) is 0 Å². The second kappa shape index (κ2) is 11.0. The molecule has 192 valence electrons. The Kier molecular flexibility index (Phi) is 7.47. The van der Waals surface area contributed by atoms with Crippen molar-refractivity contribution in [2.45, 2.75) is 32.7 Å². The number of aliphatic hydroxyl groups excluding tert-OH is 1. The number of amides is 1. The van der Waals surface area contributed by atoms with Gasteiger partial charge in [0.15, 0.2) is 6.29 Å². The van der Waals surface area contributed by atoms with E-state index in [0.717, 1.165) is 43.2 Å². The van der Waals surface area contributed by atoms with Crippen molar-refractivity contribution in [3.8, 4) is 11.1 Å². The first-order valence-corrected chi connectivity index (χ1v) is 13.3. The number of hydrogen-bond donors (Lipinski definition) is 3. The minimum absolute atomic E-state index is 0.0988. The number of aliphatic hydroxyl groups is 2. The van der Waals surface area contributed by atoms with Gasteiger partial charge in [0, 0.05) is 39.2 Å². The predicted molar refractivity (Wildman–Crippen MR) is 155 cm³/mol. The summed E-state index contributed by atoms with van der Waals surface area (Å²) in [7, 11) is 0. The van der Waals surface area contributed by atoms with Crippen LogP contribution >= 0.6 is 15.9 Å². The van der Waals surface area contributed by atoms with Crippen molar-refractivity contribution in [1.82, 2.24) is 9.88 Å². The molecule has 5 nitrogen and oxygen atoms in total. The second-order valence-corrected chi connectivity index (χ2v) is 10.5. The van der Waals surface area contributed by atoms with E-state index in [1.165, 1.54) is 0 Å². The average molecular weight is 569 g/mol. The topological polar surface area (TPSA) is 74.5 Å². The zero-order valence-electron chi connectivity index (χ0n) is 21.2. The fraction of sp³-hybridized carbons (Fsp3) is 0.156. The van der Waals surface area contributed by atoms with Gasteiger partial charge in [-0.3, -0.25) is 4.79 Å². The van der Waals surface area contributed by atoms with Gasteiger partial charge in [-0.15, -0.1) is 0 Å². The monoisotopic (exact) mass is 568 g/mol. The lowest BCUT2D eigenvalue weighted by Crippen LogP contribution is -2.26. The maximum Gasteiger partial charge on any atom is 0.251 e. The van der Waals surface area contributed by atoms with E-state index in [1.54, 1.807) is 12.1 Å². The van der Waals surface area contributed by atoms with Crippen LogP contribution in [-0.2, 0) is 6.54 Å². The summed E-state index contributed by atoms with van der Waals surface area (Å²) in [6, 6.07) is 29.1. The molecule has 0 radical (unpaired) electrons. The second-order valence-electron chi connectivity index (χ2n) is 9.58. The van der Waals surface area contributed by atoms with Crippen LogP contribution < -0.4 is 5.32 Å². The summed E-state index contributed by atoms with van der Waals surface area (Å²) in [5.74, 6) is -0.0988. The highest BCUT2D eigenvalue weighted by Crippen LogP contribution is 2.29. The van der Waals surface area contributed by atoms with Crippen LogP contribution in [0.15, 0.2) is 102 Å². The third-order valence-corrected chi connectivity index (χ3v) is 7.45. The summed E-state index contributed by atoms with van der Waals surface area (Å²) >= 11 is 3.45. The Balaban J connectivity index is 1.34. The summed E-state index contributed by atoms with van der Waals surface area (Å²) in [4.78, 5) is 13.0. The molecule has 5 rings (SSSR count). The Hall–Kier alpha value is -3.71. The van der Waals surface area contributed by atoms with Crippen molar-refractivity contribution < 1.29 is 15.0 Å². The molecule has 0 aliphatic carbocycles. The number of nitrogens with one attached hydrogen (secondary N) is 1. The number of nitrogens with zero attached hydrogens (tertiary/aromatic N) is 1. The van der Waals surface area contributed by atoms with Crippen LogP contribution in [0.1, 0.15) is 51.9 Å². The number of halogens is 1. The largest absolute Gasteiger partial charge is 0.364 e. The van der Waals surface area contributed by atoms with Crippen LogP contribution in [0, 0.1) is 6.92 Å². The van der Waals surface area contributed by atoms with E-state index in [0.29, 0.717) is 17.7 Å². The molecule has 0 fully saturated rings. The first kappa shape index (κ1) is 25.9. The van der Waals surface area contributed by atoms with E-state index in [1.807, 2.05) is 73.7 Å². The van der Waals surface area contributed by atoms with E-state index < -0.39 is 6.29 Å². The molecule has 4 aromatic carbocycles. The van der Waals surface area contributed by atoms with Gasteiger partial charge >= 0.3 is 0 Å². The molecule has 0 spiro atoms. The zero-order chi connectivity index (χ0) is 26.8. The Morgan fingerprint density at radius 2 is 1.66 bits per heavy atom. The third-order valence-electron chi connectivity index (χ3n) is 6.92. The molecule has 3 N–H and O–H groups in total. The Bertz CT molecular complexity index is 1590. The molecule has 5 aromatic rings. The molecule has 38 heavy (non-hydrogen) atoms. The highest BCUT2D eigenvalue weighted by molar-refractivity contribution is 9.10. The molecule has 0 bridgehead atoms. The molecular formula is C32H29BrN2O3. The fourth-order valence-corrected chi connectivity index (χ4v) is 5.10. The minimum atomic E-state index is -1.52. The summed E-state index contributed by atoms with van der Waals surface area (Å²) in [6.45, 7) is 4.73. The minimum Gasteiger partial charge on any atom is -0.364 e. The van der Waals surface area contributed by atoms with Crippen molar-refractivity contribution in [2.75, 3.05) is 0 Å².